The first kappa shape index (κ1) is 17.5. The average Bonchev–Trinajstić information content (AvgIpc) is 2.92. The summed E-state index contributed by atoms with van der Waals surface area (Å²) in [7, 11) is 1.73. The van der Waals surface area contributed by atoms with Crippen LogP contribution in [0.25, 0.3) is 11.1 Å². The van der Waals surface area contributed by atoms with Crippen molar-refractivity contribution in [1.29, 1.82) is 0 Å². The first-order valence-electron chi connectivity index (χ1n) is 8.81. The fourth-order valence-corrected chi connectivity index (χ4v) is 3.47. The fourth-order valence-electron chi connectivity index (χ4n) is 3.47. The SMILES string of the molecule is CN(CC1CCCCC1O)C(=O)NCCn1c(=O)oc2ccccc21. The number of urea groups is 1. The van der Waals surface area contributed by atoms with Gasteiger partial charge in [0.15, 0.2) is 5.58 Å². The summed E-state index contributed by atoms with van der Waals surface area (Å²) in [5.41, 5.74) is 1.27. The number of rotatable bonds is 5. The smallest absolute Gasteiger partial charge is 0.408 e. The molecule has 1 aliphatic carbocycles. The van der Waals surface area contributed by atoms with Crippen LogP contribution in [0, 0.1) is 5.92 Å². The summed E-state index contributed by atoms with van der Waals surface area (Å²) in [5.74, 6) is -0.279. The molecule has 7 nitrogen and oxygen atoms in total. The van der Waals surface area contributed by atoms with Crippen molar-refractivity contribution in [1.82, 2.24) is 14.8 Å². The standard InChI is InChI=1S/C18H25N3O4/c1-20(12-13-6-2-4-8-15(13)22)17(23)19-10-11-21-14-7-3-5-9-16(14)25-18(21)24/h3,5,7,9,13,15,22H,2,4,6,8,10-12H2,1H3,(H,19,23). The summed E-state index contributed by atoms with van der Waals surface area (Å²) in [6, 6.07) is 7.02. The van der Waals surface area contributed by atoms with Crippen LogP contribution in [0.5, 0.6) is 0 Å². The van der Waals surface area contributed by atoms with E-state index in [1.807, 2.05) is 18.2 Å². The van der Waals surface area contributed by atoms with Crippen molar-refractivity contribution >= 4 is 17.1 Å². The van der Waals surface area contributed by atoms with E-state index in [1.165, 1.54) is 4.57 Å². The highest BCUT2D eigenvalue weighted by Crippen LogP contribution is 2.24. The van der Waals surface area contributed by atoms with Gasteiger partial charge in [0.1, 0.15) is 0 Å². The number of nitrogens with one attached hydrogen (secondary N) is 1. The highest BCUT2D eigenvalue weighted by atomic mass is 16.4. The van der Waals surface area contributed by atoms with Gasteiger partial charge in [-0.2, -0.15) is 0 Å². The Morgan fingerprint density at radius 1 is 1.36 bits per heavy atom. The van der Waals surface area contributed by atoms with Crippen molar-refractivity contribution in [2.24, 2.45) is 5.92 Å². The van der Waals surface area contributed by atoms with Crippen molar-refractivity contribution < 1.29 is 14.3 Å². The van der Waals surface area contributed by atoms with Gasteiger partial charge in [0, 0.05) is 32.6 Å². The van der Waals surface area contributed by atoms with Gasteiger partial charge in [-0.1, -0.05) is 25.0 Å². The van der Waals surface area contributed by atoms with Crippen molar-refractivity contribution in [3.63, 3.8) is 0 Å². The Morgan fingerprint density at radius 3 is 2.92 bits per heavy atom. The van der Waals surface area contributed by atoms with E-state index in [9.17, 15) is 14.7 Å². The van der Waals surface area contributed by atoms with Crippen molar-refractivity contribution in [3.05, 3.63) is 34.8 Å². The molecule has 25 heavy (non-hydrogen) atoms. The van der Waals surface area contributed by atoms with Gasteiger partial charge in [-0.3, -0.25) is 4.57 Å². The minimum atomic E-state index is -0.422. The van der Waals surface area contributed by atoms with Crippen LogP contribution in [-0.4, -0.2) is 46.8 Å². The second kappa shape index (κ2) is 7.74. The summed E-state index contributed by atoms with van der Waals surface area (Å²) in [5, 5.41) is 12.8. The molecule has 0 spiro atoms. The number of amides is 2. The van der Waals surface area contributed by atoms with Crippen molar-refractivity contribution in [2.75, 3.05) is 20.1 Å². The average molecular weight is 347 g/mol. The molecular formula is C18H25N3O4. The molecule has 1 aliphatic rings. The number of fused-ring (bicyclic) bond motifs is 1. The fraction of sp³-hybridized carbons (Fsp3) is 0.556. The van der Waals surface area contributed by atoms with Crippen LogP contribution in [0.15, 0.2) is 33.5 Å². The Hall–Kier alpha value is -2.28. The summed E-state index contributed by atoms with van der Waals surface area (Å²) in [6.07, 6.45) is 3.61. The van der Waals surface area contributed by atoms with Gasteiger partial charge < -0.3 is 19.7 Å². The molecule has 2 unspecified atom stereocenters. The second-order valence-electron chi connectivity index (χ2n) is 6.71. The largest absolute Gasteiger partial charge is 0.420 e. The minimum Gasteiger partial charge on any atom is -0.408 e. The minimum absolute atomic E-state index is 0.143. The number of oxazole rings is 1. The number of carbonyl (C=O) groups is 1. The van der Waals surface area contributed by atoms with Gasteiger partial charge in [0.25, 0.3) is 0 Å². The first-order valence-corrected chi connectivity index (χ1v) is 8.81. The molecule has 136 valence electrons. The molecule has 2 amide bonds. The van der Waals surface area contributed by atoms with Crippen LogP contribution in [0.4, 0.5) is 4.79 Å². The quantitative estimate of drug-likeness (QED) is 0.863. The van der Waals surface area contributed by atoms with Gasteiger partial charge in [0.05, 0.1) is 11.6 Å². The van der Waals surface area contributed by atoms with Gasteiger partial charge in [-0.15, -0.1) is 0 Å². The van der Waals surface area contributed by atoms with Crippen LogP contribution in [-0.2, 0) is 6.54 Å². The van der Waals surface area contributed by atoms with E-state index in [0.717, 1.165) is 31.2 Å². The number of carbonyl (C=O) groups excluding carboxylic acids is 1. The number of para-hydroxylation sites is 2. The highest BCUT2D eigenvalue weighted by Gasteiger charge is 2.25. The topological polar surface area (TPSA) is 87.7 Å². The van der Waals surface area contributed by atoms with Crippen molar-refractivity contribution in [3.8, 4) is 0 Å². The number of aromatic nitrogens is 1. The number of hydrogen-bond acceptors (Lipinski definition) is 4. The van der Waals surface area contributed by atoms with E-state index in [2.05, 4.69) is 5.32 Å². The Bertz CT molecular complexity index is 782. The van der Waals surface area contributed by atoms with E-state index in [-0.39, 0.29) is 18.1 Å². The molecule has 1 fully saturated rings. The molecule has 0 radical (unpaired) electrons. The molecule has 0 bridgehead atoms. The first-order chi connectivity index (χ1) is 12.1. The van der Waals surface area contributed by atoms with E-state index in [0.29, 0.717) is 25.2 Å². The van der Waals surface area contributed by atoms with Gasteiger partial charge in [-0.25, -0.2) is 9.59 Å². The summed E-state index contributed by atoms with van der Waals surface area (Å²) >= 11 is 0. The zero-order valence-corrected chi connectivity index (χ0v) is 14.5. The maximum Gasteiger partial charge on any atom is 0.420 e. The van der Waals surface area contributed by atoms with E-state index < -0.39 is 5.76 Å². The molecule has 2 N–H and O–H groups in total. The molecule has 0 saturated heterocycles. The van der Waals surface area contributed by atoms with E-state index >= 15 is 0 Å². The van der Waals surface area contributed by atoms with Crippen LogP contribution in [0.2, 0.25) is 0 Å². The maximum absolute atomic E-state index is 12.2. The molecule has 7 heteroatoms. The lowest BCUT2D eigenvalue weighted by molar-refractivity contribution is 0.0565. The van der Waals surface area contributed by atoms with Crippen molar-refractivity contribution in [2.45, 2.75) is 38.3 Å². The summed E-state index contributed by atoms with van der Waals surface area (Å²) in [4.78, 5) is 25.7. The lowest BCUT2D eigenvalue weighted by atomic mass is 9.86. The molecule has 1 aromatic heterocycles. The normalized spacial score (nSPS) is 20.6. The zero-order chi connectivity index (χ0) is 17.8. The third-order valence-corrected chi connectivity index (χ3v) is 4.91. The second-order valence-corrected chi connectivity index (χ2v) is 6.71. The number of nitrogens with zero attached hydrogens (tertiary/aromatic N) is 2. The Kier molecular flexibility index (Phi) is 5.43. The third kappa shape index (κ3) is 4.04. The molecule has 2 aromatic rings. The number of benzene rings is 1. The Labute approximate surface area is 146 Å². The summed E-state index contributed by atoms with van der Waals surface area (Å²) in [6.45, 7) is 1.23. The van der Waals surface area contributed by atoms with Crippen LogP contribution in [0.3, 0.4) is 0 Å². The zero-order valence-electron chi connectivity index (χ0n) is 14.5. The Morgan fingerprint density at radius 2 is 2.12 bits per heavy atom. The van der Waals surface area contributed by atoms with E-state index in [1.54, 1.807) is 18.0 Å². The number of aliphatic hydroxyl groups is 1. The summed E-state index contributed by atoms with van der Waals surface area (Å²) < 4.78 is 6.69. The van der Waals surface area contributed by atoms with Crippen LogP contribution in [0.1, 0.15) is 25.7 Å². The van der Waals surface area contributed by atoms with Crippen LogP contribution < -0.4 is 11.1 Å². The predicted molar refractivity (Wildman–Crippen MR) is 94.5 cm³/mol. The van der Waals surface area contributed by atoms with Gasteiger partial charge in [-0.05, 0) is 25.0 Å². The molecule has 1 aromatic carbocycles. The van der Waals surface area contributed by atoms with Gasteiger partial charge in [0.2, 0.25) is 0 Å². The van der Waals surface area contributed by atoms with Crippen LogP contribution >= 0.6 is 0 Å². The predicted octanol–water partition coefficient (Wildman–Crippen LogP) is 1.79. The molecule has 0 aliphatic heterocycles. The number of hydrogen-bond donors (Lipinski definition) is 2. The lowest BCUT2D eigenvalue weighted by Crippen LogP contribution is -2.43. The molecule has 1 saturated carbocycles. The lowest BCUT2D eigenvalue weighted by Gasteiger charge is -2.31. The van der Waals surface area contributed by atoms with Gasteiger partial charge >= 0.3 is 11.8 Å². The molecular weight excluding hydrogens is 322 g/mol. The molecule has 2 atom stereocenters. The monoisotopic (exact) mass is 347 g/mol. The van der Waals surface area contributed by atoms with E-state index in [4.69, 9.17) is 4.42 Å². The number of aliphatic hydroxyl groups excluding tert-OH is 1. The molecule has 1 heterocycles. The highest BCUT2D eigenvalue weighted by molar-refractivity contribution is 5.74. The maximum atomic E-state index is 12.2. The Balaban J connectivity index is 1.51. The third-order valence-electron chi connectivity index (χ3n) is 4.91. The molecule has 3 rings (SSSR count).